The van der Waals surface area contributed by atoms with Crippen LogP contribution < -0.4 is 10.1 Å². The summed E-state index contributed by atoms with van der Waals surface area (Å²) in [5.74, 6) is 1.54. The lowest BCUT2D eigenvalue weighted by Gasteiger charge is -2.08. The first-order valence-corrected chi connectivity index (χ1v) is 7.34. The molecular weight excluding hydrogens is 297 g/mol. The molecule has 1 fully saturated rings. The molecule has 2 aromatic rings. The minimum Gasteiger partial charge on any atom is -0.487 e. The van der Waals surface area contributed by atoms with E-state index in [0.717, 1.165) is 17.9 Å². The number of hydrogen-bond donors (Lipinski definition) is 1. The predicted octanol–water partition coefficient (Wildman–Crippen LogP) is 4.42. The lowest BCUT2D eigenvalue weighted by molar-refractivity contribution is 0.301. The van der Waals surface area contributed by atoms with Crippen molar-refractivity contribution >= 4 is 23.2 Å². The molecule has 1 heterocycles. The Balaban J connectivity index is 1.61. The van der Waals surface area contributed by atoms with E-state index in [1.54, 1.807) is 24.5 Å². The Hall–Kier alpha value is -1.16. The minimum absolute atomic E-state index is 0.430. The summed E-state index contributed by atoms with van der Waals surface area (Å²) < 4.78 is 11.2. The van der Waals surface area contributed by atoms with Gasteiger partial charge in [0.25, 0.3) is 0 Å². The fourth-order valence-corrected chi connectivity index (χ4v) is 2.39. The van der Waals surface area contributed by atoms with E-state index >= 15 is 0 Å². The molecule has 0 bridgehead atoms. The molecule has 3 rings (SSSR count). The summed E-state index contributed by atoms with van der Waals surface area (Å²) in [7, 11) is 0. The maximum absolute atomic E-state index is 6.08. The molecule has 0 atom stereocenters. The maximum atomic E-state index is 6.08. The minimum atomic E-state index is 0.430. The maximum Gasteiger partial charge on any atom is 0.138 e. The normalized spacial score (nSPS) is 14.5. The summed E-state index contributed by atoms with van der Waals surface area (Å²) >= 11 is 11.9. The van der Waals surface area contributed by atoms with Gasteiger partial charge < -0.3 is 14.5 Å². The lowest BCUT2D eigenvalue weighted by atomic mass is 10.2. The van der Waals surface area contributed by atoms with Gasteiger partial charge in [-0.2, -0.15) is 0 Å². The molecule has 20 heavy (non-hydrogen) atoms. The van der Waals surface area contributed by atoms with E-state index in [2.05, 4.69) is 5.32 Å². The zero-order chi connectivity index (χ0) is 13.9. The third kappa shape index (κ3) is 3.48. The van der Waals surface area contributed by atoms with E-state index in [1.165, 1.54) is 12.8 Å². The van der Waals surface area contributed by atoms with Gasteiger partial charge in [-0.1, -0.05) is 23.2 Å². The van der Waals surface area contributed by atoms with Crippen LogP contribution in [-0.4, -0.2) is 6.04 Å². The first-order valence-electron chi connectivity index (χ1n) is 6.59. The fourth-order valence-electron chi connectivity index (χ4n) is 1.92. The van der Waals surface area contributed by atoms with Gasteiger partial charge in [0.2, 0.25) is 0 Å². The molecule has 0 saturated heterocycles. The third-order valence-electron chi connectivity index (χ3n) is 3.24. The Morgan fingerprint density at radius 3 is 2.85 bits per heavy atom. The van der Waals surface area contributed by atoms with Crippen LogP contribution in [0.4, 0.5) is 0 Å². The predicted molar refractivity (Wildman–Crippen MR) is 79.4 cm³/mol. The number of ether oxygens (including phenoxy) is 1. The molecule has 1 N–H and O–H groups in total. The Morgan fingerprint density at radius 1 is 1.25 bits per heavy atom. The molecule has 1 aromatic carbocycles. The highest BCUT2D eigenvalue weighted by Gasteiger charge is 2.21. The molecule has 106 valence electrons. The standard InChI is InChI=1S/C15H15Cl2NO2/c16-11-1-4-14(13(17)7-11)20-9-10-5-6-19-15(10)8-18-12-2-3-12/h1,4-7,12,18H,2-3,8-9H2. The van der Waals surface area contributed by atoms with Crippen molar-refractivity contribution in [3.05, 3.63) is 51.9 Å². The van der Waals surface area contributed by atoms with Crippen LogP contribution in [0.3, 0.4) is 0 Å². The van der Waals surface area contributed by atoms with Crippen LogP contribution in [0.25, 0.3) is 0 Å². The highest BCUT2D eigenvalue weighted by molar-refractivity contribution is 6.35. The molecule has 1 aliphatic rings. The van der Waals surface area contributed by atoms with Crippen molar-refractivity contribution in [2.45, 2.75) is 32.0 Å². The molecule has 5 heteroatoms. The van der Waals surface area contributed by atoms with E-state index in [4.69, 9.17) is 32.4 Å². The Kier molecular flexibility index (Phi) is 4.20. The molecule has 0 aliphatic heterocycles. The Labute approximate surface area is 127 Å². The van der Waals surface area contributed by atoms with Gasteiger partial charge in [-0.05, 0) is 37.1 Å². The van der Waals surface area contributed by atoms with Crippen molar-refractivity contribution in [3.63, 3.8) is 0 Å². The number of halogens is 2. The number of rotatable bonds is 6. The van der Waals surface area contributed by atoms with Gasteiger partial charge in [-0.15, -0.1) is 0 Å². The number of furan rings is 1. The zero-order valence-electron chi connectivity index (χ0n) is 10.9. The average molecular weight is 312 g/mol. The second kappa shape index (κ2) is 6.08. The van der Waals surface area contributed by atoms with Crippen molar-refractivity contribution in [1.82, 2.24) is 5.32 Å². The summed E-state index contributed by atoms with van der Waals surface area (Å²) in [6, 6.07) is 7.78. The average Bonchev–Trinajstić information content (AvgIpc) is 3.14. The smallest absolute Gasteiger partial charge is 0.138 e. The van der Waals surface area contributed by atoms with Gasteiger partial charge in [0.1, 0.15) is 18.1 Å². The fraction of sp³-hybridized carbons (Fsp3) is 0.333. The number of hydrogen-bond acceptors (Lipinski definition) is 3. The van der Waals surface area contributed by atoms with Crippen LogP contribution in [-0.2, 0) is 13.2 Å². The van der Waals surface area contributed by atoms with Crippen LogP contribution in [0.1, 0.15) is 24.2 Å². The molecule has 1 saturated carbocycles. The molecule has 0 unspecified atom stereocenters. The largest absolute Gasteiger partial charge is 0.487 e. The summed E-state index contributed by atoms with van der Waals surface area (Å²) in [6.07, 6.45) is 4.20. The van der Waals surface area contributed by atoms with Gasteiger partial charge in [-0.25, -0.2) is 0 Å². The van der Waals surface area contributed by atoms with E-state index in [1.807, 2.05) is 6.07 Å². The second-order valence-corrected chi connectivity index (χ2v) is 5.73. The zero-order valence-corrected chi connectivity index (χ0v) is 12.4. The topological polar surface area (TPSA) is 34.4 Å². The highest BCUT2D eigenvalue weighted by Crippen LogP contribution is 2.28. The van der Waals surface area contributed by atoms with Gasteiger partial charge >= 0.3 is 0 Å². The van der Waals surface area contributed by atoms with Gasteiger partial charge in [0.15, 0.2) is 0 Å². The molecule has 0 amide bonds. The number of benzene rings is 1. The van der Waals surface area contributed by atoms with Crippen molar-refractivity contribution in [3.8, 4) is 5.75 Å². The third-order valence-corrected chi connectivity index (χ3v) is 3.77. The van der Waals surface area contributed by atoms with Crippen LogP contribution in [0.2, 0.25) is 10.0 Å². The summed E-state index contributed by atoms with van der Waals surface area (Å²) in [5.41, 5.74) is 1.03. The van der Waals surface area contributed by atoms with Crippen LogP contribution in [0, 0.1) is 0 Å². The van der Waals surface area contributed by atoms with E-state index in [9.17, 15) is 0 Å². The van der Waals surface area contributed by atoms with Crippen LogP contribution in [0.5, 0.6) is 5.75 Å². The Morgan fingerprint density at radius 2 is 2.10 bits per heavy atom. The van der Waals surface area contributed by atoms with Crippen LogP contribution in [0.15, 0.2) is 34.9 Å². The first-order chi connectivity index (χ1) is 9.72. The SMILES string of the molecule is Clc1ccc(OCc2ccoc2CNC2CC2)c(Cl)c1. The second-order valence-electron chi connectivity index (χ2n) is 4.89. The molecule has 1 aliphatic carbocycles. The monoisotopic (exact) mass is 311 g/mol. The van der Waals surface area contributed by atoms with Gasteiger partial charge in [0.05, 0.1) is 17.8 Å². The van der Waals surface area contributed by atoms with Gasteiger partial charge in [0, 0.05) is 16.6 Å². The van der Waals surface area contributed by atoms with Crippen molar-refractivity contribution in [1.29, 1.82) is 0 Å². The summed E-state index contributed by atoms with van der Waals surface area (Å²) in [4.78, 5) is 0. The highest BCUT2D eigenvalue weighted by atomic mass is 35.5. The molecule has 1 aromatic heterocycles. The quantitative estimate of drug-likeness (QED) is 0.857. The molecule has 0 spiro atoms. The lowest BCUT2D eigenvalue weighted by Crippen LogP contribution is -2.16. The van der Waals surface area contributed by atoms with E-state index in [-0.39, 0.29) is 0 Å². The van der Waals surface area contributed by atoms with E-state index < -0.39 is 0 Å². The summed E-state index contributed by atoms with van der Waals surface area (Å²) in [6.45, 7) is 1.17. The Bertz CT molecular complexity index is 593. The first kappa shape index (κ1) is 13.8. The van der Waals surface area contributed by atoms with Gasteiger partial charge in [-0.3, -0.25) is 0 Å². The molecule has 0 radical (unpaired) electrons. The van der Waals surface area contributed by atoms with E-state index in [0.29, 0.717) is 28.4 Å². The van der Waals surface area contributed by atoms with Crippen molar-refractivity contribution in [2.24, 2.45) is 0 Å². The molecule has 3 nitrogen and oxygen atoms in total. The molecular formula is C15H15Cl2NO2. The van der Waals surface area contributed by atoms with Crippen molar-refractivity contribution < 1.29 is 9.15 Å². The van der Waals surface area contributed by atoms with Crippen LogP contribution >= 0.6 is 23.2 Å². The summed E-state index contributed by atoms with van der Waals surface area (Å²) in [5, 5.41) is 4.53. The van der Waals surface area contributed by atoms with Crippen molar-refractivity contribution in [2.75, 3.05) is 0 Å². The number of nitrogens with one attached hydrogen (secondary N) is 1.